The summed E-state index contributed by atoms with van der Waals surface area (Å²) in [5.74, 6) is -0.642. The summed E-state index contributed by atoms with van der Waals surface area (Å²) in [5, 5.41) is 9.31. The Morgan fingerprint density at radius 2 is 2.00 bits per heavy atom. The Morgan fingerprint density at radius 3 is 2.67 bits per heavy atom. The van der Waals surface area contributed by atoms with Crippen molar-refractivity contribution >= 4 is 16.8 Å². The maximum atomic E-state index is 12.3. The largest absolute Gasteiger partial charge is 0.458 e. The first-order valence-corrected chi connectivity index (χ1v) is 6.41. The van der Waals surface area contributed by atoms with Crippen molar-refractivity contribution in [3.8, 4) is 6.07 Å². The van der Waals surface area contributed by atoms with Gasteiger partial charge in [-0.15, -0.1) is 0 Å². The van der Waals surface area contributed by atoms with Crippen LogP contribution < -0.4 is 0 Å². The number of nitrogens with zero attached hydrogens (tertiary/aromatic N) is 3. The van der Waals surface area contributed by atoms with E-state index >= 15 is 0 Å². The number of carbonyl (C=O) groups excluding carboxylic acids is 1. The highest BCUT2D eigenvalue weighted by molar-refractivity contribution is 6.00. The molecule has 0 N–H and O–H groups in total. The number of aromatic nitrogens is 2. The number of hydrogen-bond acceptors (Lipinski definition) is 5. The predicted molar refractivity (Wildman–Crippen MR) is 75.7 cm³/mol. The minimum Gasteiger partial charge on any atom is -0.458 e. The fourth-order valence-electron chi connectivity index (χ4n) is 2.08. The number of rotatable bonds is 3. The molecular weight excluding hydrogens is 266 g/mol. The van der Waals surface area contributed by atoms with Crippen molar-refractivity contribution in [3.05, 3.63) is 59.8 Å². The first-order valence-electron chi connectivity index (χ1n) is 6.41. The lowest BCUT2D eigenvalue weighted by molar-refractivity contribution is 0.0949. The van der Waals surface area contributed by atoms with E-state index in [4.69, 9.17) is 4.42 Å². The van der Waals surface area contributed by atoms with E-state index in [0.717, 1.165) is 5.52 Å². The van der Waals surface area contributed by atoms with Crippen LogP contribution in [-0.4, -0.2) is 15.8 Å². The number of carbonyl (C=O) groups is 1. The van der Waals surface area contributed by atoms with Crippen molar-refractivity contribution < 1.29 is 9.21 Å². The second kappa shape index (κ2) is 5.17. The maximum absolute atomic E-state index is 12.3. The van der Waals surface area contributed by atoms with E-state index in [1.165, 1.54) is 6.20 Å². The molecule has 0 aliphatic carbocycles. The summed E-state index contributed by atoms with van der Waals surface area (Å²) < 4.78 is 5.29. The molecule has 3 rings (SSSR count). The maximum Gasteiger partial charge on any atom is 0.221 e. The van der Waals surface area contributed by atoms with Crippen LogP contribution in [0, 0.1) is 18.3 Å². The number of furan rings is 1. The fraction of sp³-hybridized carbons (Fsp3) is 0.125. The van der Waals surface area contributed by atoms with Gasteiger partial charge in [-0.05, 0) is 31.2 Å². The Balaban J connectivity index is 2.02. The number of ketones is 1. The predicted octanol–water partition coefficient (Wildman–Crippen LogP) is 3.02. The molecule has 3 aromatic rings. The number of para-hydroxylation sites is 2. The minimum atomic E-state index is -1.02. The lowest BCUT2D eigenvalue weighted by Crippen LogP contribution is -2.12. The van der Waals surface area contributed by atoms with Crippen molar-refractivity contribution in [2.45, 2.75) is 12.8 Å². The third-order valence-electron chi connectivity index (χ3n) is 3.14. The van der Waals surface area contributed by atoms with Gasteiger partial charge in [0.25, 0.3) is 0 Å². The quantitative estimate of drug-likeness (QED) is 0.687. The van der Waals surface area contributed by atoms with Crippen LogP contribution in [-0.2, 0) is 0 Å². The van der Waals surface area contributed by atoms with E-state index in [1.54, 1.807) is 25.1 Å². The van der Waals surface area contributed by atoms with Crippen LogP contribution in [0.15, 0.2) is 47.0 Å². The highest BCUT2D eigenvalue weighted by Crippen LogP contribution is 2.21. The normalized spacial score (nSPS) is 12.0. The van der Waals surface area contributed by atoms with E-state index in [-0.39, 0.29) is 5.76 Å². The number of nitriles is 1. The van der Waals surface area contributed by atoms with Gasteiger partial charge >= 0.3 is 0 Å². The second-order valence-electron chi connectivity index (χ2n) is 4.62. The van der Waals surface area contributed by atoms with E-state index in [1.807, 2.05) is 24.3 Å². The van der Waals surface area contributed by atoms with Crippen LogP contribution in [0.3, 0.4) is 0 Å². The number of benzene rings is 1. The Morgan fingerprint density at radius 1 is 1.24 bits per heavy atom. The summed E-state index contributed by atoms with van der Waals surface area (Å²) in [7, 11) is 0. The van der Waals surface area contributed by atoms with Gasteiger partial charge in [0.15, 0.2) is 11.7 Å². The first kappa shape index (κ1) is 13.0. The average molecular weight is 277 g/mol. The highest BCUT2D eigenvalue weighted by Gasteiger charge is 2.26. The van der Waals surface area contributed by atoms with Crippen molar-refractivity contribution in [2.24, 2.45) is 0 Å². The highest BCUT2D eigenvalue weighted by atomic mass is 16.3. The molecule has 0 aliphatic heterocycles. The molecule has 0 radical (unpaired) electrons. The Hall–Kier alpha value is -3.00. The van der Waals surface area contributed by atoms with Crippen LogP contribution in [0.2, 0.25) is 0 Å². The zero-order valence-corrected chi connectivity index (χ0v) is 11.3. The molecular formula is C16H11N3O2. The molecule has 2 aromatic heterocycles. The van der Waals surface area contributed by atoms with Gasteiger partial charge in [-0.25, -0.2) is 4.98 Å². The first-order chi connectivity index (χ1) is 10.2. The van der Waals surface area contributed by atoms with Crippen LogP contribution in [0.4, 0.5) is 0 Å². The van der Waals surface area contributed by atoms with Gasteiger partial charge in [-0.1, -0.05) is 12.1 Å². The summed E-state index contributed by atoms with van der Waals surface area (Å²) in [6.45, 7) is 1.74. The molecule has 0 unspecified atom stereocenters. The lowest BCUT2D eigenvalue weighted by Gasteiger charge is -2.06. The molecule has 1 atom stereocenters. The zero-order chi connectivity index (χ0) is 14.8. The summed E-state index contributed by atoms with van der Waals surface area (Å²) >= 11 is 0. The SMILES string of the molecule is Cc1ccc(C(=O)[C@@H](C#N)c2cnc3ccccc3n2)o1. The van der Waals surface area contributed by atoms with Gasteiger partial charge < -0.3 is 4.42 Å². The molecule has 0 bridgehead atoms. The summed E-state index contributed by atoms with van der Waals surface area (Å²) in [6.07, 6.45) is 1.46. The topological polar surface area (TPSA) is 79.8 Å². The van der Waals surface area contributed by atoms with Gasteiger partial charge in [-0.2, -0.15) is 5.26 Å². The molecule has 5 nitrogen and oxygen atoms in total. The fourth-order valence-corrected chi connectivity index (χ4v) is 2.08. The van der Waals surface area contributed by atoms with Crippen molar-refractivity contribution in [3.63, 3.8) is 0 Å². The second-order valence-corrected chi connectivity index (χ2v) is 4.62. The van der Waals surface area contributed by atoms with E-state index in [2.05, 4.69) is 9.97 Å². The lowest BCUT2D eigenvalue weighted by atomic mass is 10.0. The van der Waals surface area contributed by atoms with E-state index in [0.29, 0.717) is 17.0 Å². The number of hydrogen-bond donors (Lipinski definition) is 0. The zero-order valence-electron chi connectivity index (χ0n) is 11.3. The monoisotopic (exact) mass is 277 g/mol. The van der Waals surface area contributed by atoms with Crippen molar-refractivity contribution in [2.75, 3.05) is 0 Å². The van der Waals surface area contributed by atoms with Gasteiger partial charge in [-0.3, -0.25) is 9.78 Å². The van der Waals surface area contributed by atoms with Crippen LogP contribution in [0.5, 0.6) is 0 Å². The van der Waals surface area contributed by atoms with Gasteiger partial charge in [0.05, 0.1) is 29.0 Å². The molecule has 0 fully saturated rings. The standard InChI is InChI=1S/C16H11N3O2/c1-10-6-7-15(21-10)16(20)11(8-17)14-9-18-12-4-2-3-5-13(12)19-14/h2-7,9,11H,1H3/t11-/m0/s1. The summed E-state index contributed by atoms with van der Waals surface area (Å²) in [4.78, 5) is 20.9. The van der Waals surface area contributed by atoms with Gasteiger partial charge in [0.2, 0.25) is 5.78 Å². The van der Waals surface area contributed by atoms with Gasteiger partial charge in [0, 0.05) is 0 Å². The van der Waals surface area contributed by atoms with Gasteiger partial charge in [0.1, 0.15) is 5.76 Å². The number of aryl methyl sites for hydroxylation is 1. The Bertz CT molecular complexity index is 861. The third-order valence-corrected chi connectivity index (χ3v) is 3.14. The summed E-state index contributed by atoms with van der Waals surface area (Å²) in [6, 6.07) is 12.5. The van der Waals surface area contributed by atoms with E-state index in [9.17, 15) is 10.1 Å². The minimum absolute atomic E-state index is 0.161. The molecule has 2 heterocycles. The molecule has 0 amide bonds. The molecule has 21 heavy (non-hydrogen) atoms. The molecule has 0 saturated carbocycles. The smallest absolute Gasteiger partial charge is 0.221 e. The molecule has 0 spiro atoms. The van der Waals surface area contributed by atoms with Crippen LogP contribution in [0.25, 0.3) is 11.0 Å². The Labute approximate surface area is 120 Å². The third kappa shape index (κ3) is 2.39. The van der Waals surface area contributed by atoms with Crippen molar-refractivity contribution in [1.29, 1.82) is 5.26 Å². The molecule has 1 aromatic carbocycles. The number of fused-ring (bicyclic) bond motifs is 1. The molecule has 0 saturated heterocycles. The van der Waals surface area contributed by atoms with E-state index < -0.39 is 11.7 Å². The Kier molecular flexibility index (Phi) is 3.20. The van der Waals surface area contributed by atoms with Crippen LogP contribution in [0.1, 0.15) is 27.9 Å². The molecule has 5 heteroatoms. The number of Topliss-reactive ketones (excluding diaryl/α,β-unsaturated/α-hetero) is 1. The molecule has 102 valence electrons. The molecule has 0 aliphatic rings. The van der Waals surface area contributed by atoms with Crippen LogP contribution >= 0.6 is 0 Å². The average Bonchev–Trinajstić information content (AvgIpc) is 2.94. The summed E-state index contributed by atoms with van der Waals surface area (Å²) in [5.41, 5.74) is 1.70. The van der Waals surface area contributed by atoms with Crippen molar-refractivity contribution in [1.82, 2.24) is 9.97 Å².